The number of para-hydroxylation sites is 2. The molecule has 0 radical (unpaired) electrons. The highest BCUT2D eigenvalue weighted by Gasteiger charge is 2.13. The first kappa shape index (κ1) is 20.2. The summed E-state index contributed by atoms with van der Waals surface area (Å²) in [6.45, 7) is 5.91. The van der Waals surface area contributed by atoms with Crippen molar-refractivity contribution in [3.8, 4) is 11.5 Å². The third-order valence-electron chi connectivity index (χ3n) is 4.12. The van der Waals surface area contributed by atoms with Crippen molar-refractivity contribution in [1.82, 2.24) is 4.98 Å². The Morgan fingerprint density at radius 3 is 2.55 bits per heavy atom. The van der Waals surface area contributed by atoms with Crippen LogP contribution >= 0.6 is 0 Å². The van der Waals surface area contributed by atoms with Crippen molar-refractivity contribution in [3.63, 3.8) is 0 Å². The van der Waals surface area contributed by atoms with E-state index in [4.69, 9.17) is 9.47 Å². The molecular weight excluding hydrogens is 366 g/mol. The minimum Gasteiger partial charge on any atom is -0.495 e. The van der Waals surface area contributed by atoms with E-state index in [0.29, 0.717) is 17.1 Å². The number of methoxy groups -OCH3 is 1. The van der Waals surface area contributed by atoms with Gasteiger partial charge in [0.1, 0.15) is 17.2 Å². The normalized spacial score (nSPS) is 10.5. The zero-order valence-electron chi connectivity index (χ0n) is 17.0. The van der Waals surface area contributed by atoms with Crippen LogP contribution in [-0.2, 0) is 0 Å². The largest absolute Gasteiger partial charge is 0.495 e. The second kappa shape index (κ2) is 9.10. The molecule has 1 heterocycles. The van der Waals surface area contributed by atoms with Gasteiger partial charge in [0.2, 0.25) is 0 Å². The molecule has 0 bridgehead atoms. The molecule has 150 valence electrons. The SMILES string of the molecule is COc1ccc(C)cc1NC(=O)c1cc(Nc2ccccc2OC(C)C)ccn1. The Morgan fingerprint density at radius 2 is 1.79 bits per heavy atom. The highest BCUT2D eigenvalue weighted by atomic mass is 16.5. The Hall–Kier alpha value is -3.54. The molecule has 0 saturated carbocycles. The first-order valence-corrected chi connectivity index (χ1v) is 9.41. The van der Waals surface area contributed by atoms with Gasteiger partial charge in [0.05, 0.1) is 24.6 Å². The van der Waals surface area contributed by atoms with Crippen molar-refractivity contribution in [2.45, 2.75) is 26.9 Å². The van der Waals surface area contributed by atoms with E-state index >= 15 is 0 Å². The number of hydrogen-bond donors (Lipinski definition) is 2. The summed E-state index contributed by atoms with van der Waals surface area (Å²) in [5, 5.41) is 6.17. The molecule has 0 aliphatic carbocycles. The Labute approximate surface area is 170 Å². The van der Waals surface area contributed by atoms with Crippen LogP contribution in [-0.4, -0.2) is 24.1 Å². The second-order valence-electron chi connectivity index (χ2n) is 6.88. The number of pyridine rings is 1. The monoisotopic (exact) mass is 391 g/mol. The van der Waals surface area contributed by atoms with Gasteiger partial charge in [0, 0.05) is 11.9 Å². The van der Waals surface area contributed by atoms with E-state index in [-0.39, 0.29) is 12.0 Å². The standard InChI is InChI=1S/C23H25N3O3/c1-15(2)29-22-8-6-5-7-18(22)25-17-11-12-24-20(14-17)23(27)26-19-13-16(3)9-10-21(19)28-4/h5-15H,1-4H3,(H,24,25)(H,26,27). The van der Waals surface area contributed by atoms with Crippen LogP contribution in [0.15, 0.2) is 60.8 Å². The van der Waals surface area contributed by atoms with Crippen LogP contribution in [0.2, 0.25) is 0 Å². The number of carbonyl (C=O) groups excluding carboxylic acids is 1. The minimum absolute atomic E-state index is 0.0565. The molecule has 0 unspecified atom stereocenters. The fourth-order valence-corrected chi connectivity index (χ4v) is 2.82. The molecule has 1 amide bonds. The van der Waals surface area contributed by atoms with Gasteiger partial charge in [-0.3, -0.25) is 9.78 Å². The Balaban J connectivity index is 1.80. The zero-order chi connectivity index (χ0) is 20.8. The molecule has 0 spiro atoms. The number of amides is 1. The van der Waals surface area contributed by atoms with E-state index in [0.717, 1.165) is 22.7 Å². The molecule has 0 saturated heterocycles. The van der Waals surface area contributed by atoms with Crippen LogP contribution in [0.1, 0.15) is 29.9 Å². The summed E-state index contributed by atoms with van der Waals surface area (Å²) in [6.07, 6.45) is 1.65. The van der Waals surface area contributed by atoms with Crippen molar-refractivity contribution in [1.29, 1.82) is 0 Å². The minimum atomic E-state index is -0.315. The van der Waals surface area contributed by atoms with E-state index in [2.05, 4.69) is 15.6 Å². The second-order valence-corrected chi connectivity index (χ2v) is 6.88. The number of hydrogen-bond acceptors (Lipinski definition) is 5. The van der Waals surface area contributed by atoms with Crippen LogP contribution < -0.4 is 20.1 Å². The maximum Gasteiger partial charge on any atom is 0.274 e. The summed E-state index contributed by atoms with van der Waals surface area (Å²) >= 11 is 0. The lowest BCUT2D eigenvalue weighted by molar-refractivity contribution is 0.102. The summed E-state index contributed by atoms with van der Waals surface area (Å²) < 4.78 is 11.2. The molecule has 0 aliphatic rings. The van der Waals surface area contributed by atoms with E-state index in [1.54, 1.807) is 25.4 Å². The molecule has 0 fully saturated rings. The lowest BCUT2D eigenvalue weighted by atomic mass is 10.2. The van der Waals surface area contributed by atoms with Gasteiger partial charge in [-0.1, -0.05) is 18.2 Å². The molecule has 6 heteroatoms. The topological polar surface area (TPSA) is 72.5 Å². The molecule has 1 aromatic heterocycles. The molecule has 29 heavy (non-hydrogen) atoms. The molecular formula is C23H25N3O3. The van der Waals surface area contributed by atoms with Crippen LogP contribution in [0.3, 0.4) is 0 Å². The molecule has 0 atom stereocenters. The maximum absolute atomic E-state index is 12.7. The predicted octanol–water partition coefficient (Wildman–Crippen LogP) is 5.18. The van der Waals surface area contributed by atoms with Crippen LogP contribution in [0.25, 0.3) is 0 Å². The third-order valence-corrected chi connectivity index (χ3v) is 4.12. The number of ether oxygens (including phenoxy) is 2. The van der Waals surface area contributed by atoms with Gasteiger partial charge >= 0.3 is 0 Å². The van der Waals surface area contributed by atoms with Crippen molar-refractivity contribution in [2.75, 3.05) is 17.7 Å². The summed E-state index contributed by atoms with van der Waals surface area (Å²) in [4.78, 5) is 16.9. The van der Waals surface area contributed by atoms with Gasteiger partial charge < -0.3 is 20.1 Å². The van der Waals surface area contributed by atoms with Crippen molar-refractivity contribution in [3.05, 3.63) is 72.1 Å². The number of nitrogens with zero attached hydrogens (tertiary/aromatic N) is 1. The van der Waals surface area contributed by atoms with E-state index in [9.17, 15) is 4.79 Å². The van der Waals surface area contributed by atoms with Gasteiger partial charge in [-0.2, -0.15) is 0 Å². The molecule has 2 aromatic carbocycles. The van der Waals surface area contributed by atoms with Gasteiger partial charge in [-0.25, -0.2) is 0 Å². The van der Waals surface area contributed by atoms with E-state index in [1.807, 2.05) is 63.2 Å². The van der Waals surface area contributed by atoms with E-state index < -0.39 is 0 Å². The summed E-state index contributed by atoms with van der Waals surface area (Å²) in [5.74, 6) is 1.03. The number of anilines is 3. The number of nitrogens with one attached hydrogen (secondary N) is 2. The average molecular weight is 391 g/mol. The van der Waals surface area contributed by atoms with Gasteiger partial charge in [-0.05, 0) is 62.7 Å². The Kier molecular flexibility index (Phi) is 6.34. The number of rotatable bonds is 7. The number of aromatic nitrogens is 1. The van der Waals surface area contributed by atoms with E-state index in [1.165, 1.54) is 0 Å². The Morgan fingerprint density at radius 1 is 1.00 bits per heavy atom. The summed E-state index contributed by atoms with van der Waals surface area (Å²) in [5.41, 5.74) is 3.47. The average Bonchev–Trinajstić information content (AvgIpc) is 2.69. The highest BCUT2D eigenvalue weighted by molar-refractivity contribution is 6.04. The van der Waals surface area contributed by atoms with Crippen LogP contribution in [0.4, 0.5) is 17.1 Å². The number of aryl methyl sites for hydroxylation is 1. The summed E-state index contributed by atoms with van der Waals surface area (Å²) in [7, 11) is 1.57. The molecule has 3 rings (SSSR count). The van der Waals surface area contributed by atoms with Crippen molar-refractivity contribution >= 4 is 23.0 Å². The van der Waals surface area contributed by atoms with Gasteiger partial charge in [0.25, 0.3) is 5.91 Å². The first-order valence-electron chi connectivity index (χ1n) is 9.41. The number of carbonyl (C=O) groups is 1. The third kappa shape index (κ3) is 5.25. The van der Waals surface area contributed by atoms with Gasteiger partial charge in [0.15, 0.2) is 0 Å². The lowest BCUT2D eigenvalue weighted by Gasteiger charge is -2.16. The smallest absolute Gasteiger partial charge is 0.274 e. The molecule has 6 nitrogen and oxygen atoms in total. The molecule has 3 aromatic rings. The Bertz CT molecular complexity index is 1000. The van der Waals surface area contributed by atoms with Crippen molar-refractivity contribution < 1.29 is 14.3 Å². The lowest BCUT2D eigenvalue weighted by Crippen LogP contribution is -2.14. The predicted molar refractivity (Wildman–Crippen MR) is 115 cm³/mol. The zero-order valence-corrected chi connectivity index (χ0v) is 17.0. The first-order chi connectivity index (χ1) is 14.0. The molecule has 2 N–H and O–H groups in total. The highest BCUT2D eigenvalue weighted by Crippen LogP contribution is 2.29. The number of benzene rings is 2. The maximum atomic E-state index is 12.7. The summed E-state index contributed by atoms with van der Waals surface area (Å²) in [6, 6.07) is 16.8. The fourth-order valence-electron chi connectivity index (χ4n) is 2.82. The van der Waals surface area contributed by atoms with Crippen LogP contribution in [0, 0.1) is 6.92 Å². The fraction of sp³-hybridized carbons (Fsp3) is 0.217. The quantitative estimate of drug-likeness (QED) is 0.580. The van der Waals surface area contributed by atoms with Crippen molar-refractivity contribution in [2.24, 2.45) is 0 Å². The van der Waals surface area contributed by atoms with Crippen LogP contribution in [0.5, 0.6) is 11.5 Å². The van der Waals surface area contributed by atoms with Gasteiger partial charge in [-0.15, -0.1) is 0 Å². The molecule has 0 aliphatic heterocycles.